The molecule has 0 aliphatic heterocycles. The maximum atomic E-state index is 13.3. The number of nitrogens with one attached hydrogen (secondary N) is 1. The number of carbonyl (C=O) groups excluding carboxylic acids is 1. The Morgan fingerprint density at radius 2 is 1.89 bits per heavy atom. The molecule has 2 aromatic rings. The van der Waals surface area contributed by atoms with E-state index in [4.69, 9.17) is 0 Å². The maximum Gasteiger partial charge on any atom is 0.433 e. The van der Waals surface area contributed by atoms with E-state index < -0.39 is 35.6 Å². The second-order valence-corrected chi connectivity index (χ2v) is 7.26. The third-order valence-electron chi connectivity index (χ3n) is 4.53. The van der Waals surface area contributed by atoms with Crippen molar-refractivity contribution in [1.82, 2.24) is 14.8 Å². The summed E-state index contributed by atoms with van der Waals surface area (Å²) in [5.74, 6) is -1.02. The average Bonchev–Trinajstić information content (AvgIpc) is 3.06. The lowest BCUT2D eigenvalue weighted by molar-refractivity contribution is -0.141. The molecule has 3 rings (SSSR count). The number of thiol groups is 1. The van der Waals surface area contributed by atoms with Crippen LogP contribution >= 0.6 is 12.6 Å². The lowest BCUT2D eigenvalue weighted by atomic mass is 9.95. The largest absolute Gasteiger partial charge is 0.433 e. The first-order chi connectivity index (χ1) is 13.1. The van der Waals surface area contributed by atoms with E-state index in [1.165, 1.54) is 10.9 Å². The third-order valence-corrected chi connectivity index (χ3v) is 5.04. The summed E-state index contributed by atoms with van der Waals surface area (Å²) in [6.45, 7) is 0. The molecular formula is C17H17F5N4OS. The summed E-state index contributed by atoms with van der Waals surface area (Å²) in [5.41, 5.74) is -2.65. The minimum Gasteiger partial charge on any atom is -0.318 e. The number of rotatable bonds is 4. The van der Waals surface area contributed by atoms with E-state index in [2.05, 4.69) is 28.0 Å². The monoisotopic (exact) mass is 420 g/mol. The predicted octanol–water partition coefficient (Wildman–Crippen LogP) is 4.90. The van der Waals surface area contributed by atoms with Gasteiger partial charge in [-0.15, -0.1) is 0 Å². The molecule has 0 spiro atoms. The van der Waals surface area contributed by atoms with Gasteiger partial charge in [0.15, 0.2) is 5.69 Å². The number of hydrogen-bond acceptors (Lipinski definition) is 4. The molecule has 5 nitrogen and oxygen atoms in total. The number of aromatic nitrogens is 3. The van der Waals surface area contributed by atoms with Gasteiger partial charge in [0.05, 0.1) is 11.7 Å². The van der Waals surface area contributed by atoms with Gasteiger partial charge >= 0.3 is 6.18 Å². The van der Waals surface area contributed by atoms with Crippen molar-refractivity contribution in [1.29, 1.82) is 0 Å². The van der Waals surface area contributed by atoms with E-state index in [0.717, 1.165) is 31.0 Å². The number of nitrogens with zero attached hydrogens (tertiary/aromatic N) is 3. The molecule has 2 heterocycles. The molecule has 1 saturated carbocycles. The number of alkyl halides is 5. The highest BCUT2D eigenvalue weighted by atomic mass is 32.1. The SMILES string of the molecule is O=C(Nc1cn([C@H]2CC[C@H](S)CC2)nc1C(F)F)c1cccc(C(F)(F)F)n1. The number of hydrogen-bond donors (Lipinski definition) is 2. The minimum absolute atomic E-state index is 0.0989. The molecular weight excluding hydrogens is 403 g/mol. The normalized spacial score (nSPS) is 20.4. The third kappa shape index (κ3) is 4.62. The first-order valence-corrected chi connectivity index (χ1v) is 9.07. The Bertz CT molecular complexity index is 846. The van der Waals surface area contributed by atoms with Crippen LogP contribution in [0.15, 0.2) is 24.4 Å². The van der Waals surface area contributed by atoms with Crippen LogP contribution in [0.25, 0.3) is 0 Å². The quantitative estimate of drug-likeness (QED) is 0.546. The molecule has 0 aromatic carbocycles. The van der Waals surface area contributed by atoms with Gasteiger partial charge in [-0.1, -0.05) is 6.07 Å². The summed E-state index contributed by atoms with van der Waals surface area (Å²) >= 11 is 4.39. The number of halogens is 5. The van der Waals surface area contributed by atoms with Crippen LogP contribution in [-0.4, -0.2) is 25.9 Å². The van der Waals surface area contributed by atoms with E-state index in [9.17, 15) is 26.7 Å². The number of anilines is 1. The summed E-state index contributed by atoms with van der Waals surface area (Å²) in [6, 6.07) is 2.72. The van der Waals surface area contributed by atoms with Crippen molar-refractivity contribution in [3.8, 4) is 0 Å². The average molecular weight is 420 g/mol. The van der Waals surface area contributed by atoms with Crippen molar-refractivity contribution < 1.29 is 26.7 Å². The van der Waals surface area contributed by atoms with E-state index >= 15 is 0 Å². The molecule has 0 radical (unpaired) electrons. The second-order valence-electron chi connectivity index (χ2n) is 6.53. The van der Waals surface area contributed by atoms with Crippen LogP contribution in [-0.2, 0) is 6.18 Å². The van der Waals surface area contributed by atoms with Crippen LogP contribution in [0.4, 0.5) is 27.6 Å². The standard InChI is InChI=1S/C17H17F5N4OS/c18-15(19)14-12(8-26(25-14)9-4-6-10(28)7-5-9)24-16(27)11-2-1-3-13(23-11)17(20,21)22/h1-3,8-10,15,28H,4-7H2,(H,24,27)/t9-,10-. The van der Waals surface area contributed by atoms with Crippen molar-refractivity contribution in [3.05, 3.63) is 41.5 Å². The zero-order valence-corrected chi connectivity index (χ0v) is 15.4. The summed E-state index contributed by atoms with van der Waals surface area (Å²) in [4.78, 5) is 15.5. The first-order valence-electron chi connectivity index (χ1n) is 8.56. The summed E-state index contributed by atoms with van der Waals surface area (Å²) in [5, 5.41) is 6.35. The van der Waals surface area contributed by atoms with Gasteiger partial charge in [0.25, 0.3) is 12.3 Å². The molecule has 0 unspecified atom stereocenters. The topological polar surface area (TPSA) is 59.8 Å². The fourth-order valence-corrected chi connectivity index (χ4v) is 3.38. The molecule has 152 valence electrons. The number of amides is 1. The second kappa shape index (κ2) is 8.06. The van der Waals surface area contributed by atoms with Crippen LogP contribution in [0, 0.1) is 0 Å². The highest BCUT2D eigenvalue weighted by Gasteiger charge is 2.33. The van der Waals surface area contributed by atoms with E-state index in [-0.39, 0.29) is 17.0 Å². The zero-order valence-electron chi connectivity index (χ0n) is 14.5. The lowest BCUT2D eigenvalue weighted by Gasteiger charge is -2.25. The molecule has 0 bridgehead atoms. The molecule has 0 atom stereocenters. The molecule has 1 N–H and O–H groups in total. The Morgan fingerprint density at radius 3 is 2.50 bits per heavy atom. The Labute approximate surface area is 162 Å². The molecule has 1 fully saturated rings. The van der Waals surface area contributed by atoms with Crippen molar-refractivity contribution in [2.45, 2.75) is 49.6 Å². The van der Waals surface area contributed by atoms with Crippen molar-refractivity contribution >= 4 is 24.2 Å². The molecule has 0 saturated heterocycles. The smallest absolute Gasteiger partial charge is 0.318 e. The number of carbonyl (C=O) groups is 1. The fourth-order valence-electron chi connectivity index (χ4n) is 3.08. The van der Waals surface area contributed by atoms with Crippen LogP contribution < -0.4 is 5.32 Å². The van der Waals surface area contributed by atoms with Crippen molar-refractivity contribution in [2.24, 2.45) is 0 Å². The Balaban J connectivity index is 1.82. The molecule has 11 heteroatoms. The summed E-state index contributed by atoms with van der Waals surface area (Å²) < 4.78 is 66.3. The Morgan fingerprint density at radius 1 is 1.21 bits per heavy atom. The predicted molar refractivity (Wildman–Crippen MR) is 94.7 cm³/mol. The van der Waals surface area contributed by atoms with Gasteiger partial charge in [-0.2, -0.15) is 30.9 Å². The van der Waals surface area contributed by atoms with Crippen LogP contribution in [0.2, 0.25) is 0 Å². The summed E-state index contributed by atoms with van der Waals surface area (Å²) in [6.07, 6.45) is -3.34. The maximum absolute atomic E-state index is 13.3. The van der Waals surface area contributed by atoms with Gasteiger partial charge in [-0.3, -0.25) is 9.48 Å². The minimum atomic E-state index is -4.72. The van der Waals surface area contributed by atoms with E-state index in [0.29, 0.717) is 12.8 Å². The molecule has 1 aliphatic rings. The van der Waals surface area contributed by atoms with Crippen molar-refractivity contribution in [2.75, 3.05) is 5.32 Å². The zero-order chi connectivity index (χ0) is 20.5. The van der Waals surface area contributed by atoms with Gasteiger partial charge in [0.2, 0.25) is 0 Å². The Hall–Kier alpha value is -2.17. The molecule has 2 aromatic heterocycles. The summed E-state index contributed by atoms with van der Waals surface area (Å²) in [7, 11) is 0. The van der Waals surface area contributed by atoms with Gasteiger partial charge in [-0.05, 0) is 37.8 Å². The van der Waals surface area contributed by atoms with Crippen LogP contribution in [0.1, 0.15) is 60.0 Å². The van der Waals surface area contributed by atoms with Crippen LogP contribution in [0.5, 0.6) is 0 Å². The van der Waals surface area contributed by atoms with Crippen LogP contribution in [0.3, 0.4) is 0 Å². The highest BCUT2D eigenvalue weighted by molar-refractivity contribution is 7.80. The van der Waals surface area contributed by atoms with Gasteiger partial charge in [-0.25, -0.2) is 13.8 Å². The Kier molecular flexibility index (Phi) is 5.92. The fraction of sp³-hybridized carbons (Fsp3) is 0.471. The van der Waals surface area contributed by atoms with Gasteiger partial charge in [0, 0.05) is 11.4 Å². The van der Waals surface area contributed by atoms with Gasteiger partial charge in [0.1, 0.15) is 11.4 Å². The van der Waals surface area contributed by atoms with E-state index in [1.807, 2.05) is 0 Å². The lowest BCUT2D eigenvalue weighted by Crippen LogP contribution is -2.19. The van der Waals surface area contributed by atoms with E-state index in [1.54, 1.807) is 0 Å². The highest BCUT2D eigenvalue weighted by Crippen LogP contribution is 2.34. The van der Waals surface area contributed by atoms with Crippen molar-refractivity contribution in [3.63, 3.8) is 0 Å². The first kappa shape index (κ1) is 20.6. The number of pyridine rings is 1. The molecule has 1 aliphatic carbocycles. The van der Waals surface area contributed by atoms with Gasteiger partial charge < -0.3 is 5.32 Å². The molecule has 1 amide bonds. The molecule has 28 heavy (non-hydrogen) atoms.